The maximum absolute atomic E-state index is 9.00. The molecule has 96 valence electrons. The van der Waals surface area contributed by atoms with Crippen molar-refractivity contribution in [2.75, 3.05) is 11.4 Å². The molecule has 0 aliphatic carbocycles. The van der Waals surface area contributed by atoms with Crippen molar-refractivity contribution in [1.82, 2.24) is 4.98 Å². The predicted molar refractivity (Wildman–Crippen MR) is 77.8 cm³/mol. The van der Waals surface area contributed by atoms with Crippen LogP contribution in [0.5, 0.6) is 0 Å². The Kier molecular flexibility index (Phi) is 4.03. The lowest BCUT2D eigenvalue weighted by Gasteiger charge is -2.22. The van der Waals surface area contributed by atoms with Crippen LogP contribution in [0.25, 0.3) is 0 Å². The molecule has 0 aliphatic rings. The van der Waals surface area contributed by atoms with Gasteiger partial charge in [-0.05, 0) is 43.7 Å². The van der Waals surface area contributed by atoms with Gasteiger partial charge in [0, 0.05) is 12.2 Å². The Morgan fingerprint density at radius 1 is 1.32 bits per heavy atom. The zero-order valence-electron chi connectivity index (χ0n) is 10.9. The van der Waals surface area contributed by atoms with E-state index in [9.17, 15) is 0 Å². The monoisotopic (exact) mass is 271 g/mol. The summed E-state index contributed by atoms with van der Waals surface area (Å²) in [5, 5.41) is 9.33. The minimum Gasteiger partial charge on any atom is -0.327 e. The van der Waals surface area contributed by atoms with Crippen LogP contribution in [0.3, 0.4) is 0 Å². The van der Waals surface area contributed by atoms with Crippen LogP contribution in [0.2, 0.25) is 5.15 Å². The van der Waals surface area contributed by atoms with Crippen molar-refractivity contribution in [3.8, 4) is 6.07 Å². The first kappa shape index (κ1) is 13.4. The SMILES string of the molecule is CCN(c1cccc(C)c1)c1cc(C#N)cc(Cl)n1. The van der Waals surface area contributed by atoms with Crippen molar-refractivity contribution in [2.45, 2.75) is 13.8 Å². The topological polar surface area (TPSA) is 39.9 Å². The number of benzene rings is 1. The molecule has 0 atom stereocenters. The molecule has 0 N–H and O–H groups in total. The highest BCUT2D eigenvalue weighted by Crippen LogP contribution is 2.26. The molecule has 1 heterocycles. The summed E-state index contributed by atoms with van der Waals surface area (Å²) >= 11 is 5.96. The molecular weight excluding hydrogens is 258 g/mol. The number of aromatic nitrogens is 1. The van der Waals surface area contributed by atoms with Crippen LogP contribution in [0.4, 0.5) is 11.5 Å². The Balaban J connectivity index is 2.48. The molecule has 4 heteroatoms. The van der Waals surface area contributed by atoms with Gasteiger partial charge < -0.3 is 4.90 Å². The van der Waals surface area contributed by atoms with E-state index in [2.05, 4.69) is 17.1 Å². The van der Waals surface area contributed by atoms with Gasteiger partial charge in [0.05, 0.1) is 11.6 Å². The van der Waals surface area contributed by atoms with Gasteiger partial charge in [0.15, 0.2) is 0 Å². The maximum Gasteiger partial charge on any atom is 0.136 e. The van der Waals surface area contributed by atoms with Crippen LogP contribution < -0.4 is 4.90 Å². The third-order valence-corrected chi connectivity index (χ3v) is 3.01. The van der Waals surface area contributed by atoms with E-state index >= 15 is 0 Å². The summed E-state index contributed by atoms with van der Waals surface area (Å²) in [6.07, 6.45) is 0. The first-order valence-electron chi connectivity index (χ1n) is 6.06. The average Bonchev–Trinajstić information content (AvgIpc) is 2.39. The Morgan fingerprint density at radius 3 is 2.74 bits per heavy atom. The van der Waals surface area contributed by atoms with Crippen LogP contribution in [-0.4, -0.2) is 11.5 Å². The number of anilines is 2. The van der Waals surface area contributed by atoms with Crippen molar-refractivity contribution in [1.29, 1.82) is 5.26 Å². The highest BCUT2D eigenvalue weighted by atomic mass is 35.5. The smallest absolute Gasteiger partial charge is 0.136 e. The van der Waals surface area contributed by atoms with E-state index in [0.29, 0.717) is 16.5 Å². The molecule has 1 aromatic carbocycles. The number of aryl methyl sites for hydroxylation is 1. The summed E-state index contributed by atoms with van der Waals surface area (Å²) in [6, 6.07) is 13.6. The summed E-state index contributed by atoms with van der Waals surface area (Å²) in [7, 11) is 0. The van der Waals surface area contributed by atoms with E-state index in [1.165, 1.54) is 5.56 Å². The first-order chi connectivity index (χ1) is 9.13. The maximum atomic E-state index is 9.00. The van der Waals surface area contributed by atoms with E-state index in [1.807, 2.05) is 36.9 Å². The van der Waals surface area contributed by atoms with E-state index in [4.69, 9.17) is 16.9 Å². The first-order valence-corrected chi connectivity index (χ1v) is 6.43. The molecule has 0 unspecified atom stereocenters. The average molecular weight is 272 g/mol. The Labute approximate surface area is 118 Å². The van der Waals surface area contributed by atoms with Gasteiger partial charge in [0.1, 0.15) is 11.0 Å². The quantitative estimate of drug-likeness (QED) is 0.790. The molecule has 0 spiro atoms. The summed E-state index contributed by atoms with van der Waals surface area (Å²) in [5.74, 6) is 0.692. The minimum absolute atomic E-state index is 0.333. The summed E-state index contributed by atoms with van der Waals surface area (Å²) in [4.78, 5) is 6.33. The predicted octanol–water partition coefficient (Wildman–Crippen LogP) is 4.07. The van der Waals surface area contributed by atoms with Crippen molar-refractivity contribution in [3.05, 3.63) is 52.7 Å². The van der Waals surface area contributed by atoms with Crippen LogP contribution in [0, 0.1) is 18.3 Å². The van der Waals surface area contributed by atoms with Crippen molar-refractivity contribution in [3.63, 3.8) is 0 Å². The van der Waals surface area contributed by atoms with Crippen molar-refractivity contribution in [2.24, 2.45) is 0 Å². The van der Waals surface area contributed by atoms with E-state index in [-0.39, 0.29) is 0 Å². The lowest BCUT2D eigenvalue weighted by atomic mass is 10.2. The number of halogens is 1. The van der Waals surface area contributed by atoms with Crippen LogP contribution in [0.1, 0.15) is 18.1 Å². The largest absolute Gasteiger partial charge is 0.327 e. The van der Waals surface area contributed by atoms with E-state index < -0.39 is 0 Å². The lowest BCUT2D eigenvalue weighted by Crippen LogP contribution is -2.17. The second kappa shape index (κ2) is 5.73. The van der Waals surface area contributed by atoms with Crippen molar-refractivity contribution >= 4 is 23.1 Å². The molecule has 2 rings (SSSR count). The van der Waals surface area contributed by atoms with Gasteiger partial charge in [-0.3, -0.25) is 0 Å². The van der Waals surface area contributed by atoms with Gasteiger partial charge in [-0.15, -0.1) is 0 Å². The van der Waals surface area contributed by atoms with Gasteiger partial charge in [-0.2, -0.15) is 5.26 Å². The molecule has 0 fully saturated rings. The second-order valence-electron chi connectivity index (χ2n) is 4.23. The fourth-order valence-electron chi connectivity index (χ4n) is 1.96. The molecule has 2 aromatic rings. The molecule has 0 saturated carbocycles. The third-order valence-electron chi connectivity index (χ3n) is 2.82. The van der Waals surface area contributed by atoms with Gasteiger partial charge >= 0.3 is 0 Å². The van der Waals surface area contributed by atoms with Gasteiger partial charge in [0.2, 0.25) is 0 Å². The summed E-state index contributed by atoms with van der Waals surface area (Å²) < 4.78 is 0. The van der Waals surface area contributed by atoms with E-state index in [1.54, 1.807) is 12.1 Å². The van der Waals surface area contributed by atoms with Gasteiger partial charge in [-0.1, -0.05) is 23.7 Å². The molecule has 0 aliphatic heterocycles. The normalized spacial score (nSPS) is 10.0. The van der Waals surface area contributed by atoms with Crippen LogP contribution in [-0.2, 0) is 0 Å². The molecule has 0 bridgehead atoms. The molecule has 0 amide bonds. The highest BCUT2D eigenvalue weighted by Gasteiger charge is 2.11. The highest BCUT2D eigenvalue weighted by molar-refractivity contribution is 6.29. The minimum atomic E-state index is 0.333. The fraction of sp³-hybridized carbons (Fsp3) is 0.200. The third kappa shape index (κ3) is 3.04. The molecular formula is C15H14ClN3. The fourth-order valence-corrected chi connectivity index (χ4v) is 2.16. The number of nitrogens with zero attached hydrogens (tertiary/aromatic N) is 3. The standard InChI is InChI=1S/C15H14ClN3/c1-3-19(13-6-4-5-11(2)7-13)15-9-12(10-17)8-14(16)18-15/h4-9H,3H2,1-2H3. The Morgan fingerprint density at radius 2 is 2.11 bits per heavy atom. The number of hydrogen-bond donors (Lipinski definition) is 0. The van der Waals surface area contributed by atoms with Crippen molar-refractivity contribution < 1.29 is 0 Å². The number of rotatable bonds is 3. The molecule has 19 heavy (non-hydrogen) atoms. The second-order valence-corrected chi connectivity index (χ2v) is 4.62. The Bertz CT molecular complexity index is 632. The molecule has 0 saturated heterocycles. The van der Waals surface area contributed by atoms with E-state index in [0.717, 1.165) is 12.2 Å². The molecule has 1 aromatic heterocycles. The van der Waals surface area contributed by atoms with Gasteiger partial charge in [0.25, 0.3) is 0 Å². The van der Waals surface area contributed by atoms with Gasteiger partial charge in [-0.25, -0.2) is 4.98 Å². The summed E-state index contributed by atoms with van der Waals surface area (Å²) in [6.45, 7) is 4.84. The Hall–Kier alpha value is -2.05. The molecule has 0 radical (unpaired) electrons. The number of nitriles is 1. The number of pyridine rings is 1. The summed E-state index contributed by atoms with van der Waals surface area (Å²) in [5.41, 5.74) is 2.74. The lowest BCUT2D eigenvalue weighted by molar-refractivity contribution is 0.987. The zero-order valence-corrected chi connectivity index (χ0v) is 11.6. The zero-order chi connectivity index (χ0) is 13.8. The number of hydrogen-bond acceptors (Lipinski definition) is 3. The molecule has 3 nitrogen and oxygen atoms in total. The van der Waals surface area contributed by atoms with Crippen LogP contribution >= 0.6 is 11.6 Å². The van der Waals surface area contributed by atoms with Crippen LogP contribution in [0.15, 0.2) is 36.4 Å².